The number of esters is 1. The fourth-order valence-corrected chi connectivity index (χ4v) is 3.50. The first-order chi connectivity index (χ1) is 15.3. The number of amides is 2. The Kier molecular flexibility index (Phi) is 6.98. The van der Waals surface area contributed by atoms with Gasteiger partial charge >= 0.3 is 5.97 Å². The minimum Gasteiger partial charge on any atom is -0.465 e. The monoisotopic (exact) mass is 442 g/mol. The first-order valence-electron chi connectivity index (χ1n) is 9.91. The molecule has 0 bridgehead atoms. The third kappa shape index (κ3) is 5.17. The van der Waals surface area contributed by atoms with Gasteiger partial charge in [-0.05, 0) is 25.0 Å². The van der Waals surface area contributed by atoms with E-state index in [9.17, 15) is 29.3 Å². The fraction of sp³-hybridized carbons (Fsp3) is 0.333. The van der Waals surface area contributed by atoms with Gasteiger partial charge in [0, 0.05) is 30.8 Å². The maximum absolute atomic E-state index is 12.7. The third-order valence-electron chi connectivity index (χ3n) is 5.25. The number of benzene rings is 1. The molecule has 168 valence electrons. The lowest BCUT2D eigenvalue weighted by Crippen LogP contribution is -2.44. The van der Waals surface area contributed by atoms with Gasteiger partial charge in [0.05, 0.1) is 18.2 Å². The summed E-state index contributed by atoms with van der Waals surface area (Å²) < 4.78 is 5.33. The summed E-state index contributed by atoms with van der Waals surface area (Å²) in [5.41, 5.74) is -1.18. The zero-order valence-corrected chi connectivity index (χ0v) is 17.4. The molecule has 1 fully saturated rings. The van der Waals surface area contributed by atoms with E-state index in [2.05, 4.69) is 10.1 Å². The number of pyridine rings is 1. The van der Waals surface area contributed by atoms with Crippen LogP contribution in [0, 0.1) is 16.0 Å². The van der Waals surface area contributed by atoms with Crippen LogP contribution >= 0.6 is 0 Å². The second kappa shape index (κ2) is 9.86. The average Bonchev–Trinajstić information content (AvgIpc) is 2.80. The minimum atomic E-state index is -1.02. The van der Waals surface area contributed by atoms with Crippen LogP contribution in [0.2, 0.25) is 0 Å². The number of ether oxygens (including phenoxy) is 1. The molecule has 0 radical (unpaired) electrons. The van der Waals surface area contributed by atoms with E-state index in [1.807, 2.05) is 18.2 Å². The molecule has 1 aromatic heterocycles. The Morgan fingerprint density at radius 2 is 1.84 bits per heavy atom. The fourth-order valence-electron chi connectivity index (χ4n) is 3.50. The number of rotatable bonds is 6. The number of nitro groups is 1. The number of nitrogens with zero attached hydrogens (tertiary/aromatic N) is 3. The molecule has 3 rings (SSSR count). The Labute approximate surface area is 182 Å². The quantitative estimate of drug-likeness (QED) is 0.405. The van der Waals surface area contributed by atoms with Crippen molar-refractivity contribution in [3.8, 4) is 0 Å². The van der Waals surface area contributed by atoms with Crippen molar-refractivity contribution in [1.29, 1.82) is 0 Å². The van der Waals surface area contributed by atoms with E-state index in [1.54, 1.807) is 12.1 Å². The van der Waals surface area contributed by atoms with Crippen LogP contribution in [0.3, 0.4) is 0 Å². The maximum Gasteiger partial charge on any atom is 0.343 e. The summed E-state index contributed by atoms with van der Waals surface area (Å²) in [5, 5.41) is 14.0. The van der Waals surface area contributed by atoms with E-state index >= 15 is 0 Å². The molecule has 32 heavy (non-hydrogen) atoms. The van der Waals surface area contributed by atoms with Crippen LogP contribution < -0.4 is 10.9 Å². The molecule has 2 aromatic rings. The topological polar surface area (TPSA) is 141 Å². The molecule has 0 aliphatic carbocycles. The van der Waals surface area contributed by atoms with Crippen LogP contribution in [0.4, 0.5) is 11.4 Å². The Bertz CT molecular complexity index is 1090. The van der Waals surface area contributed by atoms with Gasteiger partial charge in [-0.15, -0.1) is 0 Å². The number of carbonyl (C=O) groups is 3. The SMILES string of the molecule is COC(=O)c1cc([N+](=O)[O-])cn(CC(=O)N2CCC(C(=O)Nc3ccccc3)CC2)c1=O. The maximum atomic E-state index is 12.7. The standard InChI is InChI=1S/C21H22N4O7/c1-32-21(29)17-11-16(25(30)31)12-24(20(17)28)13-18(26)23-9-7-14(8-10-23)19(27)22-15-5-3-2-4-6-15/h2-6,11-12,14H,7-10,13H2,1H3,(H,22,27). The molecule has 0 atom stereocenters. The molecule has 0 spiro atoms. The lowest BCUT2D eigenvalue weighted by molar-refractivity contribution is -0.385. The van der Waals surface area contributed by atoms with Gasteiger partial charge in [0.1, 0.15) is 12.1 Å². The molecule has 1 aliphatic heterocycles. The first kappa shape index (κ1) is 22.7. The second-order valence-corrected chi connectivity index (χ2v) is 7.30. The molecule has 1 saturated heterocycles. The van der Waals surface area contributed by atoms with Crippen molar-refractivity contribution in [2.45, 2.75) is 19.4 Å². The summed E-state index contributed by atoms with van der Waals surface area (Å²) in [6.07, 6.45) is 1.82. The lowest BCUT2D eigenvalue weighted by atomic mass is 9.95. The number of para-hydroxylation sites is 1. The molecule has 0 unspecified atom stereocenters. The molecule has 0 saturated carbocycles. The molecule has 1 aliphatic rings. The predicted octanol–water partition coefficient (Wildman–Crippen LogP) is 1.42. The minimum absolute atomic E-state index is 0.124. The highest BCUT2D eigenvalue weighted by Crippen LogP contribution is 2.20. The number of nitrogens with one attached hydrogen (secondary N) is 1. The van der Waals surface area contributed by atoms with Crippen molar-refractivity contribution in [3.63, 3.8) is 0 Å². The summed E-state index contributed by atoms with van der Waals surface area (Å²) in [5.74, 6) is -1.85. The normalized spacial score (nSPS) is 14.0. The molecule has 11 heteroatoms. The number of likely N-dealkylation sites (tertiary alicyclic amines) is 1. The van der Waals surface area contributed by atoms with Gasteiger partial charge < -0.3 is 15.0 Å². The van der Waals surface area contributed by atoms with Crippen LogP contribution in [-0.4, -0.2) is 52.4 Å². The number of methoxy groups -OCH3 is 1. The molecule has 11 nitrogen and oxygen atoms in total. The highest BCUT2D eigenvalue weighted by atomic mass is 16.6. The van der Waals surface area contributed by atoms with Crippen LogP contribution in [0.1, 0.15) is 23.2 Å². The molecule has 2 amide bonds. The number of piperidine rings is 1. The number of hydrogen-bond donors (Lipinski definition) is 1. The first-order valence-corrected chi connectivity index (χ1v) is 9.91. The summed E-state index contributed by atoms with van der Waals surface area (Å²) >= 11 is 0. The van der Waals surface area contributed by atoms with Crippen molar-refractivity contribution < 1.29 is 24.0 Å². The van der Waals surface area contributed by atoms with Crippen LogP contribution in [0.15, 0.2) is 47.4 Å². The van der Waals surface area contributed by atoms with E-state index in [0.717, 1.165) is 23.9 Å². The summed E-state index contributed by atoms with van der Waals surface area (Å²) in [4.78, 5) is 61.3. The molecular weight excluding hydrogens is 420 g/mol. The zero-order chi connectivity index (χ0) is 23.3. The van der Waals surface area contributed by atoms with Gasteiger partial charge in [0.2, 0.25) is 11.8 Å². The van der Waals surface area contributed by atoms with Gasteiger partial charge in [-0.1, -0.05) is 18.2 Å². The predicted molar refractivity (Wildman–Crippen MR) is 113 cm³/mol. The van der Waals surface area contributed by atoms with Gasteiger partial charge in [-0.2, -0.15) is 0 Å². The second-order valence-electron chi connectivity index (χ2n) is 7.30. The van der Waals surface area contributed by atoms with E-state index in [4.69, 9.17) is 0 Å². The smallest absolute Gasteiger partial charge is 0.343 e. The summed E-state index contributed by atoms with van der Waals surface area (Å²) in [7, 11) is 1.05. The van der Waals surface area contributed by atoms with Gasteiger partial charge in [-0.25, -0.2) is 4.79 Å². The van der Waals surface area contributed by atoms with E-state index in [0.29, 0.717) is 31.6 Å². The van der Waals surface area contributed by atoms with E-state index in [1.165, 1.54) is 4.90 Å². The van der Waals surface area contributed by atoms with Gasteiger partial charge in [-0.3, -0.25) is 29.1 Å². The van der Waals surface area contributed by atoms with Crippen molar-refractivity contribution in [3.05, 3.63) is 68.6 Å². The number of carbonyl (C=O) groups excluding carboxylic acids is 3. The van der Waals surface area contributed by atoms with Crippen LogP contribution in [0.5, 0.6) is 0 Å². The number of anilines is 1. The highest BCUT2D eigenvalue weighted by molar-refractivity contribution is 5.92. The van der Waals surface area contributed by atoms with Crippen molar-refractivity contribution >= 4 is 29.2 Å². The Morgan fingerprint density at radius 1 is 1.19 bits per heavy atom. The van der Waals surface area contributed by atoms with Crippen LogP contribution in [-0.2, 0) is 20.9 Å². The van der Waals surface area contributed by atoms with Gasteiger partial charge in [0.15, 0.2) is 0 Å². The zero-order valence-electron chi connectivity index (χ0n) is 17.4. The molecule has 1 aromatic carbocycles. The average molecular weight is 442 g/mol. The van der Waals surface area contributed by atoms with Crippen LogP contribution in [0.25, 0.3) is 0 Å². The third-order valence-corrected chi connectivity index (χ3v) is 5.25. The Hall–Kier alpha value is -4.02. The molecule has 1 N–H and O–H groups in total. The number of hydrogen-bond acceptors (Lipinski definition) is 7. The summed E-state index contributed by atoms with van der Waals surface area (Å²) in [6.45, 7) is 0.143. The highest BCUT2D eigenvalue weighted by Gasteiger charge is 2.28. The van der Waals surface area contributed by atoms with Crippen molar-refractivity contribution in [2.24, 2.45) is 5.92 Å². The van der Waals surface area contributed by atoms with Crippen molar-refractivity contribution in [1.82, 2.24) is 9.47 Å². The molecule has 2 heterocycles. The summed E-state index contributed by atoms with van der Waals surface area (Å²) in [6, 6.07) is 9.88. The largest absolute Gasteiger partial charge is 0.465 e. The van der Waals surface area contributed by atoms with Gasteiger partial charge in [0.25, 0.3) is 11.2 Å². The molecular formula is C21H22N4O7. The Balaban J connectivity index is 1.65. The van der Waals surface area contributed by atoms with E-state index < -0.39 is 40.2 Å². The van der Waals surface area contributed by atoms with E-state index in [-0.39, 0.29) is 11.8 Å². The number of aromatic nitrogens is 1. The lowest BCUT2D eigenvalue weighted by Gasteiger charge is -2.31. The van der Waals surface area contributed by atoms with Crippen molar-refractivity contribution in [2.75, 3.05) is 25.5 Å². The Morgan fingerprint density at radius 3 is 2.44 bits per heavy atom.